The molecule has 0 amide bonds. The monoisotopic (exact) mass is 213 g/mol. The van der Waals surface area contributed by atoms with Crippen molar-refractivity contribution >= 4 is 23.1 Å². The largest absolute Gasteiger partial charge is 0.312 e. The van der Waals surface area contributed by atoms with E-state index in [9.17, 15) is 19.2 Å². The van der Waals surface area contributed by atoms with Crippen LogP contribution < -0.4 is 5.73 Å². The van der Waals surface area contributed by atoms with Crippen LogP contribution in [-0.4, -0.2) is 28.7 Å². The minimum absolute atomic E-state index is 0.574. The van der Waals surface area contributed by atoms with Crippen molar-refractivity contribution in [3.63, 3.8) is 0 Å². The van der Waals surface area contributed by atoms with Gasteiger partial charge in [-0.2, -0.15) is 0 Å². The van der Waals surface area contributed by atoms with Crippen molar-refractivity contribution in [3.8, 4) is 0 Å². The molecule has 15 heavy (non-hydrogen) atoms. The molecule has 0 spiro atoms. The SMILES string of the molecule is CC(=O)C(C(C)=O)C(N)(C(C)=O)C(C)=O. The van der Waals surface area contributed by atoms with E-state index in [4.69, 9.17) is 5.73 Å². The van der Waals surface area contributed by atoms with E-state index in [1.165, 1.54) is 0 Å². The van der Waals surface area contributed by atoms with E-state index in [0.29, 0.717) is 0 Å². The summed E-state index contributed by atoms with van der Waals surface area (Å²) in [6.07, 6.45) is 0. The van der Waals surface area contributed by atoms with Crippen LogP contribution in [0.2, 0.25) is 0 Å². The third-order valence-electron chi connectivity index (χ3n) is 2.43. The molecule has 0 aromatic carbocycles. The molecule has 0 aliphatic carbocycles. The molecular weight excluding hydrogens is 198 g/mol. The molecule has 84 valence electrons. The van der Waals surface area contributed by atoms with Crippen LogP contribution in [-0.2, 0) is 19.2 Å². The van der Waals surface area contributed by atoms with Crippen LogP contribution in [0.1, 0.15) is 27.7 Å². The number of carbonyl (C=O) groups is 4. The number of hydrogen-bond donors (Lipinski definition) is 1. The maximum absolute atomic E-state index is 11.3. The second-order valence-corrected chi connectivity index (χ2v) is 3.64. The lowest BCUT2D eigenvalue weighted by molar-refractivity contribution is -0.145. The molecule has 0 heterocycles. The van der Waals surface area contributed by atoms with E-state index < -0.39 is 34.6 Å². The lowest BCUT2D eigenvalue weighted by Gasteiger charge is -2.29. The van der Waals surface area contributed by atoms with E-state index in [0.717, 1.165) is 27.7 Å². The Bertz CT molecular complexity index is 304. The molecule has 0 aromatic rings. The Morgan fingerprint density at radius 3 is 1.20 bits per heavy atom. The molecule has 0 aromatic heterocycles. The van der Waals surface area contributed by atoms with Crippen LogP contribution in [0.25, 0.3) is 0 Å². The fourth-order valence-electron chi connectivity index (χ4n) is 1.58. The summed E-state index contributed by atoms with van der Waals surface area (Å²) in [6.45, 7) is 4.47. The van der Waals surface area contributed by atoms with Crippen molar-refractivity contribution in [3.05, 3.63) is 0 Å². The topological polar surface area (TPSA) is 94.3 Å². The second kappa shape index (κ2) is 4.44. The lowest BCUT2D eigenvalue weighted by Crippen LogP contribution is -2.62. The Labute approximate surface area is 88.0 Å². The average Bonchev–Trinajstić information content (AvgIpc) is 2.01. The summed E-state index contributed by atoms with van der Waals surface area (Å²) in [7, 11) is 0. The summed E-state index contributed by atoms with van der Waals surface area (Å²) >= 11 is 0. The molecule has 0 aliphatic heterocycles. The van der Waals surface area contributed by atoms with E-state index in [-0.39, 0.29) is 0 Å². The van der Waals surface area contributed by atoms with Gasteiger partial charge in [0.2, 0.25) is 0 Å². The van der Waals surface area contributed by atoms with Crippen LogP contribution in [0, 0.1) is 5.92 Å². The summed E-state index contributed by atoms with van der Waals surface area (Å²) in [4.78, 5) is 45.1. The van der Waals surface area contributed by atoms with Gasteiger partial charge in [0, 0.05) is 0 Å². The number of hydrogen-bond acceptors (Lipinski definition) is 5. The third-order valence-corrected chi connectivity index (χ3v) is 2.43. The van der Waals surface area contributed by atoms with Crippen LogP contribution in [0.5, 0.6) is 0 Å². The standard InChI is InChI=1S/C10H15NO4/c1-5(12)9(6(2)13)10(11,7(3)14)8(4)15/h9H,11H2,1-4H3. The Morgan fingerprint density at radius 2 is 1.13 bits per heavy atom. The Kier molecular flexibility index (Phi) is 4.04. The first kappa shape index (κ1) is 13.6. The molecule has 5 heteroatoms. The summed E-state index contributed by atoms with van der Waals surface area (Å²) in [6, 6.07) is 0. The molecule has 0 unspecified atom stereocenters. The predicted molar refractivity (Wildman–Crippen MR) is 53.1 cm³/mol. The van der Waals surface area contributed by atoms with Crippen LogP contribution in [0.15, 0.2) is 0 Å². The van der Waals surface area contributed by atoms with Crippen molar-refractivity contribution < 1.29 is 19.2 Å². The zero-order valence-electron chi connectivity index (χ0n) is 9.29. The summed E-state index contributed by atoms with van der Waals surface area (Å²) < 4.78 is 0. The fourth-order valence-corrected chi connectivity index (χ4v) is 1.58. The zero-order valence-corrected chi connectivity index (χ0v) is 9.29. The highest BCUT2D eigenvalue weighted by Crippen LogP contribution is 2.20. The van der Waals surface area contributed by atoms with Gasteiger partial charge in [0.05, 0.1) is 0 Å². The van der Waals surface area contributed by atoms with Gasteiger partial charge >= 0.3 is 0 Å². The maximum Gasteiger partial charge on any atom is 0.158 e. The number of carbonyl (C=O) groups excluding carboxylic acids is 4. The fraction of sp³-hybridized carbons (Fsp3) is 0.600. The predicted octanol–water partition coefficient (Wildman–Crippen LogP) is -0.344. The minimum atomic E-state index is -2.02. The molecule has 0 fully saturated rings. The number of nitrogens with two attached hydrogens (primary N) is 1. The van der Waals surface area contributed by atoms with Gasteiger partial charge in [0.15, 0.2) is 17.1 Å². The van der Waals surface area contributed by atoms with Gasteiger partial charge in [-0.05, 0) is 27.7 Å². The van der Waals surface area contributed by atoms with E-state index in [2.05, 4.69) is 0 Å². The van der Waals surface area contributed by atoms with E-state index >= 15 is 0 Å². The Hall–Kier alpha value is -1.36. The molecule has 0 radical (unpaired) electrons. The summed E-state index contributed by atoms with van der Waals surface area (Å²) in [5.41, 5.74) is 3.57. The molecule has 0 atom stereocenters. The van der Waals surface area contributed by atoms with Crippen LogP contribution in [0.3, 0.4) is 0 Å². The summed E-state index contributed by atoms with van der Waals surface area (Å²) in [5, 5.41) is 0. The number of rotatable bonds is 5. The van der Waals surface area contributed by atoms with Crippen molar-refractivity contribution in [2.24, 2.45) is 11.7 Å². The van der Waals surface area contributed by atoms with Crippen LogP contribution in [0.4, 0.5) is 0 Å². The Morgan fingerprint density at radius 1 is 0.867 bits per heavy atom. The van der Waals surface area contributed by atoms with E-state index in [1.807, 2.05) is 0 Å². The molecular formula is C10H15NO4. The average molecular weight is 213 g/mol. The third kappa shape index (κ3) is 2.36. The van der Waals surface area contributed by atoms with Gasteiger partial charge in [-0.25, -0.2) is 0 Å². The van der Waals surface area contributed by atoms with E-state index in [1.54, 1.807) is 0 Å². The number of Topliss-reactive ketones (excluding diaryl/α,β-unsaturated/α-hetero) is 4. The van der Waals surface area contributed by atoms with Gasteiger partial charge in [0.1, 0.15) is 17.5 Å². The van der Waals surface area contributed by atoms with Crippen molar-refractivity contribution in [1.82, 2.24) is 0 Å². The second-order valence-electron chi connectivity index (χ2n) is 3.64. The quantitative estimate of drug-likeness (QED) is 0.630. The molecule has 0 bridgehead atoms. The van der Waals surface area contributed by atoms with Crippen LogP contribution >= 0.6 is 0 Å². The van der Waals surface area contributed by atoms with Gasteiger partial charge < -0.3 is 5.73 Å². The molecule has 0 saturated carbocycles. The normalized spacial score (nSPS) is 11.3. The molecule has 0 saturated heterocycles. The highest BCUT2D eigenvalue weighted by Gasteiger charge is 2.48. The maximum atomic E-state index is 11.3. The molecule has 5 nitrogen and oxygen atoms in total. The summed E-state index contributed by atoms with van der Waals surface area (Å²) in [5.74, 6) is -3.88. The van der Waals surface area contributed by atoms with Gasteiger partial charge in [-0.1, -0.05) is 0 Å². The minimum Gasteiger partial charge on any atom is -0.312 e. The molecule has 2 N–H and O–H groups in total. The number of ketones is 4. The van der Waals surface area contributed by atoms with Gasteiger partial charge in [0.25, 0.3) is 0 Å². The first-order valence-corrected chi connectivity index (χ1v) is 4.47. The smallest absolute Gasteiger partial charge is 0.158 e. The first-order chi connectivity index (χ1) is 6.65. The van der Waals surface area contributed by atoms with Crippen molar-refractivity contribution in [2.45, 2.75) is 33.2 Å². The van der Waals surface area contributed by atoms with Gasteiger partial charge in [-0.3, -0.25) is 19.2 Å². The lowest BCUT2D eigenvalue weighted by atomic mass is 9.74. The van der Waals surface area contributed by atoms with Gasteiger partial charge in [-0.15, -0.1) is 0 Å². The zero-order chi connectivity index (χ0) is 12.4. The van der Waals surface area contributed by atoms with Crippen molar-refractivity contribution in [1.29, 1.82) is 0 Å². The molecule has 0 aliphatic rings. The Balaban J connectivity index is 5.59. The first-order valence-electron chi connectivity index (χ1n) is 4.47. The highest BCUT2D eigenvalue weighted by atomic mass is 16.2. The highest BCUT2D eigenvalue weighted by molar-refractivity contribution is 6.19. The van der Waals surface area contributed by atoms with Crippen molar-refractivity contribution in [2.75, 3.05) is 0 Å². The molecule has 0 rings (SSSR count).